The van der Waals surface area contributed by atoms with E-state index in [1.165, 1.54) is 51.4 Å². The molecular formula is C33H60O3. The van der Waals surface area contributed by atoms with Crippen molar-refractivity contribution in [2.75, 3.05) is 0 Å². The molecule has 0 aromatic rings. The zero-order chi connectivity index (χ0) is 27.4. The average molecular weight is 505 g/mol. The predicted molar refractivity (Wildman–Crippen MR) is 152 cm³/mol. The van der Waals surface area contributed by atoms with Crippen LogP contribution in [0.5, 0.6) is 0 Å². The van der Waals surface area contributed by atoms with Gasteiger partial charge in [-0.1, -0.05) is 74.7 Å². The fraction of sp³-hybridized carbons (Fsp3) is 0.939. The lowest BCUT2D eigenvalue weighted by molar-refractivity contribution is -0.224. The Morgan fingerprint density at radius 3 is 1.97 bits per heavy atom. The Kier molecular flexibility index (Phi) is 10.7. The molecule has 0 heterocycles. The first-order valence-electron chi connectivity index (χ1n) is 15.5. The van der Waals surface area contributed by atoms with Crippen LogP contribution in [0.25, 0.3) is 0 Å². The van der Waals surface area contributed by atoms with Crippen LogP contribution in [0.2, 0.25) is 0 Å². The summed E-state index contributed by atoms with van der Waals surface area (Å²) in [4.78, 5) is 18.2. The Balaban J connectivity index is 0.000000397. The smallest absolute Gasteiger partial charge is 0.290 e. The van der Waals surface area contributed by atoms with Crippen LogP contribution in [0.4, 0.5) is 0 Å². The van der Waals surface area contributed by atoms with Crippen molar-refractivity contribution in [1.29, 1.82) is 0 Å². The molecule has 0 radical (unpaired) electrons. The van der Waals surface area contributed by atoms with Crippen molar-refractivity contribution in [3.8, 4) is 0 Å². The summed E-state index contributed by atoms with van der Waals surface area (Å²) in [6.45, 7) is 20.8. The van der Waals surface area contributed by atoms with Gasteiger partial charge in [-0.2, -0.15) is 0 Å². The van der Waals surface area contributed by atoms with E-state index in [0.717, 1.165) is 29.6 Å². The summed E-state index contributed by atoms with van der Waals surface area (Å²) in [7, 11) is 0. The summed E-state index contributed by atoms with van der Waals surface area (Å²) >= 11 is 0. The number of hydrogen-bond acceptors (Lipinski definition) is 2. The molecule has 0 saturated heterocycles. The Labute approximate surface area is 224 Å². The van der Waals surface area contributed by atoms with Gasteiger partial charge in [-0.05, 0) is 116 Å². The standard InChI is InChI=1S/C26H44.C4H8O.C2H6.CH2O2/c1-18-8-6-14-24(3)19(18)12-15-26(5)22(24)11-10-21-20-9-7-13-23(20,2)16-17-25(21,26)4;1-3-4(2)5;1-2;2-1-3/h18-22H,6-17H2,1-5H3;3H2,1-2H3;1-2H3;1H,(H,2,3)/t18?,19?,20?,21?,22?,23?,24?,25-,26?;;;/m1.../s1. The van der Waals surface area contributed by atoms with Crippen LogP contribution in [0.3, 0.4) is 0 Å². The number of rotatable bonds is 1. The zero-order valence-electron chi connectivity index (χ0n) is 25.4. The average Bonchev–Trinajstić information content (AvgIpc) is 3.23. The summed E-state index contributed by atoms with van der Waals surface area (Å²) in [5.41, 5.74) is 2.59. The predicted octanol–water partition coefficient (Wildman–Crippen LogP) is 9.57. The second-order valence-electron chi connectivity index (χ2n) is 13.9. The largest absolute Gasteiger partial charge is 0.483 e. The highest BCUT2D eigenvalue weighted by Crippen LogP contribution is 2.75. The van der Waals surface area contributed by atoms with E-state index < -0.39 is 0 Å². The lowest BCUT2D eigenvalue weighted by atomic mass is 9.33. The zero-order valence-corrected chi connectivity index (χ0v) is 25.4. The first kappa shape index (κ1) is 31.4. The Bertz CT molecular complexity index is 732. The highest BCUT2D eigenvalue weighted by Gasteiger charge is 2.67. The molecule has 5 aliphatic rings. The van der Waals surface area contributed by atoms with Gasteiger partial charge in [0.2, 0.25) is 0 Å². The molecular weight excluding hydrogens is 444 g/mol. The van der Waals surface area contributed by atoms with Crippen LogP contribution in [0, 0.1) is 51.2 Å². The monoisotopic (exact) mass is 504 g/mol. The number of Topliss-reactive ketones (excluding diaryl/α,β-unsaturated/α-hetero) is 1. The van der Waals surface area contributed by atoms with Gasteiger partial charge in [0.25, 0.3) is 6.47 Å². The topological polar surface area (TPSA) is 54.4 Å². The first-order valence-corrected chi connectivity index (χ1v) is 15.5. The molecule has 0 spiro atoms. The van der Waals surface area contributed by atoms with Crippen molar-refractivity contribution in [3.63, 3.8) is 0 Å². The number of carbonyl (C=O) groups excluding carboxylic acids is 1. The van der Waals surface area contributed by atoms with E-state index in [-0.39, 0.29) is 12.3 Å². The maximum Gasteiger partial charge on any atom is 0.290 e. The van der Waals surface area contributed by atoms with E-state index in [1.54, 1.807) is 32.6 Å². The molecule has 5 aliphatic carbocycles. The molecule has 0 bridgehead atoms. The van der Waals surface area contributed by atoms with E-state index in [4.69, 9.17) is 9.90 Å². The maximum atomic E-state index is 9.81. The minimum atomic E-state index is -0.250. The van der Waals surface area contributed by atoms with Gasteiger partial charge in [-0.3, -0.25) is 4.79 Å². The van der Waals surface area contributed by atoms with Gasteiger partial charge in [0.1, 0.15) is 5.78 Å². The van der Waals surface area contributed by atoms with E-state index in [2.05, 4.69) is 34.6 Å². The Hall–Kier alpha value is -0.860. The molecule has 9 atom stereocenters. The molecule has 0 aromatic heterocycles. The lowest BCUT2D eigenvalue weighted by Crippen LogP contribution is -2.64. The molecule has 0 amide bonds. The fourth-order valence-electron chi connectivity index (χ4n) is 10.6. The number of fused-ring (bicyclic) bond motifs is 7. The highest BCUT2D eigenvalue weighted by molar-refractivity contribution is 5.74. The number of carbonyl (C=O) groups is 2. The van der Waals surface area contributed by atoms with Gasteiger partial charge in [0.05, 0.1) is 0 Å². The number of carboxylic acid groups (broad SMARTS) is 1. The maximum absolute atomic E-state index is 9.81. The van der Waals surface area contributed by atoms with Crippen LogP contribution < -0.4 is 0 Å². The minimum absolute atomic E-state index is 0.250. The molecule has 210 valence electrons. The van der Waals surface area contributed by atoms with Crippen molar-refractivity contribution >= 4 is 12.3 Å². The Morgan fingerprint density at radius 2 is 1.39 bits per heavy atom. The van der Waals surface area contributed by atoms with Crippen LogP contribution in [-0.2, 0) is 9.59 Å². The van der Waals surface area contributed by atoms with Crippen molar-refractivity contribution in [2.24, 2.45) is 51.2 Å². The van der Waals surface area contributed by atoms with E-state index in [9.17, 15) is 4.79 Å². The number of hydrogen-bond donors (Lipinski definition) is 1. The molecule has 3 nitrogen and oxygen atoms in total. The third kappa shape index (κ3) is 5.33. The second kappa shape index (κ2) is 12.3. The Morgan fingerprint density at radius 1 is 0.806 bits per heavy atom. The van der Waals surface area contributed by atoms with Gasteiger partial charge in [-0.25, -0.2) is 0 Å². The van der Waals surface area contributed by atoms with E-state index in [0.29, 0.717) is 28.1 Å². The van der Waals surface area contributed by atoms with Crippen LogP contribution >= 0.6 is 0 Å². The molecule has 5 rings (SSSR count). The summed E-state index contributed by atoms with van der Waals surface area (Å²) in [6, 6.07) is 0. The molecule has 5 fully saturated rings. The van der Waals surface area contributed by atoms with Gasteiger partial charge >= 0.3 is 0 Å². The third-order valence-electron chi connectivity index (χ3n) is 12.7. The summed E-state index contributed by atoms with van der Waals surface area (Å²) < 4.78 is 0. The molecule has 36 heavy (non-hydrogen) atoms. The van der Waals surface area contributed by atoms with Gasteiger partial charge in [-0.15, -0.1) is 0 Å². The van der Waals surface area contributed by atoms with Crippen LogP contribution in [-0.4, -0.2) is 17.4 Å². The van der Waals surface area contributed by atoms with Crippen LogP contribution in [0.15, 0.2) is 0 Å². The summed E-state index contributed by atoms with van der Waals surface area (Å²) in [5.74, 6) is 5.35. The number of ketones is 1. The van der Waals surface area contributed by atoms with Gasteiger partial charge in [0, 0.05) is 6.42 Å². The SMILES string of the molecule is CC.CC1CCCC2(C)C1CCC1(C)C2CCC2C3CCCC3(C)CC[C@]21C.CCC(C)=O.O=CO. The molecule has 5 saturated carbocycles. The quantitative estimate of drug-likeness (QED) is 0.362. The normalized spacial score (nSPS) is 46.3. The van der Waals surface area contributed by atoms with E-state index >= 15 is 0 Å². The molecule has 8 unspecified atom stereocenters. The first-order chi connectivity index (χ1) is 16.9. The van der Waals surface area contributed by atoms with Gasteiger partial charge < -0.3 is 9.90 Å². The molecule has 3 heteroatoms. The molecule has 0 aliphatic heterocycles. The lowest BCUT2D eigenvalue weighted by Gasteiger charge is -2.71. The van der Waals surface area contributed by atoms with Gasteiger partial charge in [0.15, 0.2) is 0 Å². The summed E-state index contributed by atoms with van der Waals surface area (Å²) in [5, 5.41) is 6.89. The van der Waals surface area contributed by atoms with E-state index in [1.807, 2.05) is 20.8 Å². The molecule has 0 aromatic carbocycles. The third-order valence-corrected chi connectivity index (χ3v) is 12.7. The van der Waals surface area contributed by atoms with Crippen molar-refractivity contribution in [2.45, 2.75) is 146 Å². The summed E-state index contributed by atoms with van der Waals surface area (Å²) in [6.07, 6.45) is 19.1. The van der Waals surface area contributed by atoms with Crippen LogP contribution in [0.1, 0.15) is 146 Å². The van der Waals surface area contributed by atoms with Crippen molar-refractivity contribution in [1.82, 2.24) is 0 Å². The minimum Gasteiger partial charge on any atom is -0.483 e. The highest BCUT2D eigenvalue weighted by atomic mass is 16.3. The van der Waals surface area contributed by atoms with Crippen molar-refractivity contribution in [3.05, 3.63) is 0 Å². The molecule has 1 N–H and O–H groups in total. The fourth-order valence-corrected chi connectivity index (χ4v) is 10.6. The second-order valence-corrected chi connectivity index (χ2v) is 13.9. The van der Waals surface area contributed by atoms with Crippen molar-refractivity contribution < 1.29 is 14.7 Å².